The second kappa shape index (κ2) is 7.05. The number of likely N-dealkylation sites (tertiary alicyclic amines) is 1. The molecule has 0 spiro atoms. The van der Waals surface area contributed by atoms with E-state index in [9.17, 15) is 9.59 Å². The Bertz CT molecular complexity index is 478. The van der Waals surface area contributed by atoms with Crippen LogP contribution in [0.1, 0.15) is 72.6 Å². The normalized spacial score (nSPS) is 32.3. The molecule has 0 radical (unpaired) electrons. The topological polar surface area (TPSA) is 40.6 Å². The van der Waals surface area contributed by atoms with Gasteiger partial charge in [0.2, 0.25) is 11.8 Å². The average Bonchev–Trinajstić information content (AvgIpc) is 3.29. The maximum atomic E-state index is 13.1. The van der Waals surface area contributed by atoms with E-state index in [0.717, 1.165) is 31.6 Å². The summed E-state index contributed by atoms with van der Waals surface area (Å²) in [4.78, 5) is 29.8. The summed E-state index contributed by atoms with van der Waals surface area (Å²) >= 11 is 0. The van der Waals surface area contributed by atoms with Gasteiger partial charge in [-0.25, -0.2) is 0 Å². The van der Waals surface area contributed by atoms with Gasteiger partial charge < -0.3 is 9.80 Å². The lowest BCUT2D eigenvalue weighted by molar-refractivity contribution is -0.139. The van der Waals surface area contributed by atoms with Crippen LogP contribution < -0.4 is 0 Å². The van der Waals surface area contributed by atoms with Crippen molar-refractivity contribution in [2.24, 2.45) is 17.8 Å². The molecule has 1 aliphatic heterocycles. The summed E-state index contributed by atoms with van der Waals surface area (Å²) in [7, 11) is 0. The SMILES string of the molecule is CC1CCC(N2C[C@H](C(=O)N(C3CC3)[C@H](C)C(C)C)CC2=O)CC1. The van der Waals surface area contributed by atoms with E-state index in [1.54, 1.807) is 0 Å². The first kappa shape index (κ1) is 17.8. The highest BCUT2D eigenvalue weighted by Gasteiger charge is 2.44. The van der Waals surface area contributed by atoms with Crippen molar-refractivity contribution in [2.75, 3.05) is 6.54 Å². The molecule has 0 N–H and O–H groups in total. The van der Waals surface area contributed by atoms with Crippen LogP contribution in [0.25, 0.3) is 0 Å². The highest BCUT2D eigenvalue weighted by Crippen LogP contribution is 2.36. The lowest BCUT2D eigenvalue weighted by Gasteiger charge is -2.35. The first-order valence-corrected chi connectivity index (χ1v) is 10.00. The zero-order valence-corrected chi connectivity index (χ0v) is 15.8. The van der Waals surface area contributed by atoms with Gasteiger partial charge in [-0.15, -0.1) is 0 Å². The molecule has 1 heterocycles. The van der Waals surface area contributed by atoms with Crippen molar-refractivity contribution in [3.8, 4) is 0 Å². The summed E-state index contributed by atoms with van der Waals surface area (Å²) in [6.45, 7) is 9.49. The molecule has 24 heavy (non-hydrogen) atoms. The van der Waals surface area contributed by atoms with Crippen molar-refractivity contribution < 1.29 is 9.59 Å². The third-order valence-electron chi connectivity index (χ3n) is 6.53. The monoisotopic (exact) mass is 334 g/mol. The fourth-order valence-electron chi connectivity index (χ4n) is 4.40. The van der Waals surface area contributed by atoms with Crippen LogP contribution in [0.15, 0.2) is 0 Å². The number of nitrogens with zero attached hydrogens (tertiary/aromatic N) is 2. The number of hydrogen-bond acceptors (Lipinski definition) is 2. The quantitative estimate of drug-likeness (QED) is 0.772. The summed E-state index contributed by atoms with van der Waals surface area (Å²) < 4.78 is 0. The third kappa shape index (κ3) is 3.62. The van der Waals surface area contributed by atoms with E-state index in [0.29, 0.717) is 31.0 Å². The maximum absolute atomic E-state index is 13.1. The predicted octanol–water partition coefficient (Wildman–Crippen LogP) is 3.45. The molecule has 2 amide bonds. The summed E-state index contributed by atoms with van der Waals surface area (Å²) in [5.74, 6) is 1.58. The standard InChI is InChI=1S/C20H34N2O2/c1-13(2)15(4)22(18-9-10-18)20(24)16-11-19(23)21(12-16)17-7-5-14(3)6-8-17/h13-18H,5-12H2,1-4H3/t14?,15-,16-,17?/m1/s1. The van der Waals surface area contributed by atoms with Crippen molar-refractivity contribution >= 4 is 11.8 Å². The van der Waals surface area contributed by atoms with Crippen molar-refractivity contribution in [1.82, 2.24) is 9.80 Å². The van der Waals surface area contributed by atoms with E-state index in [1.165, 1.54) is 12.8 Å². The largest absolute Gasteiger partial charge is 0.339 e. The lowest BCUT2D eigenvalue weighted by atomic mass is 9.86. The van der Waals surface area contributed by atoms with Gasteiger partial charge in [0.05, 0.1) is 5.92 Å². The Morgan fingerprint density at radius 2 is 1.71 bits per heavy atom. The van der Waals surface area contributed by atoms with Gasteiger partial charge in [0, 0.05) is 31.1 Å². The molecule has 0 aromatic carbocycles. The number of carbonyl (C=O) groups excluding carboxylic acids is 2. The predicted molar refractivity (Wildman–Crippen MR) is 95.4 cm³/mol. The first-order chi connectivity index (χ1) is 11.4. The average molecular weight is 335 g/mol. The molecule has 4 heteroatoms. The Hall–Kier alpha value is -1.06. The van der Waals surface area contributed by atoms with E-state index in [1.807, 2.05) is 4.90 Å². The second-order valence-corrected chi connectivity index (χ2v) is 8.82. The Balaban J connectivity index is 1.64. The highest BCUT2D eigenvalue weighted by atomic mass is 16.2. The molecular formula is C20H34N2O2. The van der Waals surface area contributed by atoms with Gasteiger partial charge in [0.15, 0.2) is 0 Å². The summed E-state index contributed by atoms with van der Waals surface area (Å²) in [6.07, 6.45) is 7.35. The summed E-state index contributed by atoms with van der Waals surface area (Å²) in [6, 6.07) is 1.07. The second-order valence-electron chi connectivity index (χ2n) is 8.82. The maximum Gasteiger partial charge on any atom is 0.228 e. The van der Waals surface area contributed by atoms with Crippen LogP contribution >= 0.6 is 0 Å². The molecule has 136 valence electrons. The molecule has 4 nitrogen and oxygen atoms in total. The fraction of sp³-hybridized carbons (Fsp3) is 0.900. The number of amides is 2. The first-order valence-electron chi connectivity index (χ1n) is 10.00. The van der Waals surface area contributed by atoms with Gasteiger partial charge in [-0.2, -0.15) is 0 Å². The smallest absolute Gasteiger partial charge is 0.228 e. The Morgan fingerprint density at radius 1 is 1.08 bits per heavy atom. The molecule has 3 rings (SSSR count). The molecule has 0 aromatic rings. The fourth-order valence-corrected chi connectivity index (χ4v) is 4.40. The molecule has 0 unspecified atom stereocenters. The number of hydrogen-bond donors (Lipinski definition) is 0. The molecular weight excluding hydrogens is 300 g/mol. The Morgan fingerprint density at radius 3 is 2.25 bits per heavy atom. The van der Waals surface area contributed by atoms with E-state index in [4.69, 9.17) is 0 Å². The molecule has 2 atom stereocenters. The number of rotatable bonds is 5. The van der Waals surface area contributed by atoms with Crippen LogP contribution in [0.5, 0.6) is 0 Å². The third-order valence-corrected chi connectivity index (χ3v) is 6.53. The molecule has 0 bridgehead atoms. The molecule has 2 saturated carbocycles. The van der Waals surface area contributed by atoms with E-state index >= 15 is 0 Å². The minimum atomic E-state index is -0.112. The summed E-state index contributed by atoms with van der Waals surface area (Å²) in [5, 5.41) is 0. The van der Waals surface area contributed by atoms with Crippen LogP contribution in [-0.2, 0) is 9.59 Å². The van der Waals surface area contributed by atoms with Gasteiger partial charge >= 0.3 is 0 Å². The minimum Gasteiger partial charge on any atom is -0.339 e. The summed E-state index contributed by atoms with van der Waals surface area (Å²) in [5.41, 5.74) is 0. The molecule has 1 saturated heterocycles. The number of carbonyl (C=O) groups is 2. The zero-order chi connectivity index (χ0) is 17.4. The van der Waals surface area contributed by atoms with Crippen molar-refractivity contribution in [1.29, 1.82) is 0 Å². The van der Waals surface area contributed by atoms with E-state index < -0.39 is 0 Å². The lowest BCUT2D eigenvalue weighted by Crippen LogP contribution is -2.47. The van der Waals surface area contributed by atoms with E-state index in [2.05, 4.69) is 32.6 Å². The van der Waals surface area contributed by atoms with Crippen LogP contribution in [-0.4, -0.2) is 46.3 Å². The van der Waals surface area contributed by atoms with Gasteiger partial charge in [-0.3, -0.25) is 9.59 Å². The van der Waals surface area contributed by atoms with Crippen LogP contribution in [0.3, 0.4) is 0 Å². The molecule has 2 aliphatic carbocycles. The van der Waals surface area contributed by atoms with Crippen molar-refractivity contribution in [3.05, 3.63) is 0 Å². The molecule has 3 aliphatic rings. The molecule has 3 fully saturated rings. The van der Waals surface area contributed by atoms with E-state index in [-0.39, 0.29) is 23.8 Å². The minimum absolute atomic E-state index is 0.112. The van der Waals surface area contributed by atoms with Crippen molar-refractivity contribution in [2.45, 2.75) is 90.8 Å². The highest BCUT2D eigenvalue weighted by molar-refractivity contribution is 5.89. The van der Waals surface area contributed by atoms with Gasteiger partial charge in [0.1, 0.15) is 0 Å². The molecule has 0 aromatic heterocycles. The zero-order valence-electron chi connectivity index (χ0n) is 15.8. The van der Waals surface area contributed by atoms with Gasteiger partial charge in [0.25, 0.3) is 0 Å². The van der Waals surface area contributed by atoms with Crippen LogP contribution in [0.4, 0.5) is 0 Å². The van der Waals surface area contributed by atoms with Gasteiger partial charge in [-0.05, 0) is 57.3 Å². The van der Waals surface area contributed by atoms with Crippen LogP contribution in [0, 0.1) is 17.8 Å². The Kier molecular flexibility index (Phi) is 5.22. The van der Waals surface area contributed by atoms with Gasteiger partial charge in [-0.1, -0.05) is 20.8 Å². The Labute approximate surface area is 146 Å². The van der Waals surface area contributed by atoms with Crippen molar-refractivity contribution in [3.63, 3.8) is 0 Å². The van der Waals surface area contributed by atoms with Crippen LogP contribution in [0.2, 0.25) is 0 Å².